The topological polar surface area (TPSA) is 96.0 Å². The Morgan fingerprint density at radius 2 is 1.86 bits per heavy atom. The van der Waals surface area contributed by atoms with Gasteiger partial charge in [0.25, 0.3) is 11.8 Å². The fraction of sp³-hybridized carbons (Fsp3) is 0.200. The molecule has 0 radical (unpaired) electrons. The van der Waals surface area contributed by atoms with Crippen molar-refractivity contribution in [2.45, 2.75) is 19.9 Å². The molecule has 0 spiro atoms. The number of aromatic nitrogens is 1. The van der Waals surface area contributed by atoms with Crippen molar-refractivity contribution in [3.63, 3.8) is 0 Å². The van der Waals surface area contributed by atoms with Gasteiger partial charge in [-0.15, -0.1) is 10.2 Å². The molecule has 7 nitrogen and oxygen atoms in total. The number of carbonyl (C=O) groups is 2. The van der Waals surface area contributed by atoms with Gasteiger partial charge in [-0.1, -0.05) is 37.3 Å². The third-order valence-corrected chi connectivity index (χ3v) is 4.14. The Kier molecular flexibility index (Phi) is 5.78. The summed E-state index contributed by atoms with van der Waals surface area (Å²) in [6.45, 7) is 2.14. The number of rotatable bonds is 6. The molecule has 0 atom stereocenters. The highest BCUT2D eigenvalue weighted by molar-refractivity contribution is 5.97. The first-order valence-electron chi connectivity index (χ1n) is 8.80. The average Bonchev–Trinajstić information content (AvgIpc) is 2.96. The molecule has 0 aliphatic carbocycles. The van der Waals surface area contributed by atoms with Crippen molar-refractivity contribution < 1.29 is 19.1 Å². The Hall–Kier alpha value is -3.55. The molecular weight excluding hydrogens is 363 g/mol. The van der Waals surface area contributed by atoms with E-state index in [1.54, 1.807) is 16.7 Å². The number of nitrogens with one attached hydrogen (secondary N) is 1. The Morgan fingerprint density at radius 1 is 1.14 bits per heavy atom. The van der Waals surface area contributed by atoms with Crippen LogP contribution >= 0.6 is 0 Å². The number of halogens is 1. The van der Waals surface area contributed by atoms with Crippen LogP contribution in [-0.4, -0.2) is 28.0 Å². The van der Waals surface area contributed by atoms with Gasteiger partial charge in [-0.05, 0) is 24.6 Å². The Labute approximate surface area is 160 Å². The van der Waals surface area contributed by atoms with Crippen molar-refractivity contribution in [3.8, 4) is 5.88 Å². The molecule has 2 N–H and O–H groups in total. The van der Waals surface area contributed by atoms with Crippen LogP contribution in [-0.2, 0) is 11.3 Å². The van der Waals surface area contributed by atoms with Gasteiger partial charge >= 0.3 is 0 Å². The molecule has 2 amide bonds. The second kappa shape index (κ2) is 8.43. The largest absolute Gasteiger partial charge is 0.493 e. The summed E-state index contributed by atoms with van der Waals surface area (Å²) in [5, 5.41) is 20.9. The molecular formula is C20H19FN4O3. The number of nitrogens with zero attached hydrogens (tertiary/aromatic N) is 3. The maximum absolute atomic E-state index is 13.6. The number of aromatic hydroxyl groups is 1. The first-order chi connectivity index (χ1) is 13.5. The van der Waals surface area contributed by atoms with Crippen LogP contribution in [0.4, 0.5) is 10.1 Å². The molecule has 0 unspecified atom stereocenters. The number of azo groups is 1. The predicted molar refractivity (Wildman–Crippen MR) is 102 cm³/mol. The first-order valence-corrected chi connectivity index (χ1v) is 8.80. The van der Waals surface area contributed by atoms with Crippen molar-refractivity contribution in [1.29, 1.82) is 0 Å². The van der Waals surface area contributed by atoms with E-state index in [0.717, 1.165) is 18.0 Å². The highest BCUT2D eigenvalue weighted by atomic mass is 19.1. The summed E-state index contributed by atoms with van der Waals surface area (Å²) < 4.78 is 15.3. The molecule has 0 aliphatic rings. The lowest BCUT2D eigenvalue weighted by Crippen LogP contribution is -2.29. The molecule has 0 saturated carbocycles. The van der Waals surface area contributed by atoms with Crippen LogP contribution in [0.2, 0.25) is 0 Å². The van der Waals surface area contributed by atoms with Gasteiger partial charge in [-0.2, -0.15) is 0 Å². The number of hydrogen-bond donors (Lipinski definition) is 2. The second-order valence-corrected chi connectivity index (χ2v) is 6.10. The van der Waals surface area contributed by atoms with Crippen molar-refractivity contribution in [3.05, 3.63) is 59.9 Å². The first kappa shape index (κ1) is 19.2. The van der Waals surface area contributed by atoms with E-state index in [9.17, 15) is 19.1 Å². The van der Waals surface area contributed by atoms with Crippen molar-refractivity contribution in [2.75, 3.05) is 6.54 Å². The second-order valence-electron chi connectivity index (χ2n) is 6.10. The molecule has 3 rings (SSSR count). The van der Waals surface area contributed by atoms with Crippen LogP contribution in [0.1, 0.15) is 23.7 Å². The molecule has 1 aromatic heterocycles. The number of aryl methyl sites for hydroxylation is 1. The number of fused-ring (bicyclic) bond motifs is 1. The van der Waals surface area contributed by atoms with Crippen molar-refractivity contribution in [2.24, 2.45) is 10.2 Å². The maximum Gasteiger partial charge on any atom is 0.283 e. The summed E-state index contributed by atoms with van der Waals surface area (Å²) in [4.78, 5) is 23.9. The number of hydrogen-bond acceptors (Lipinski definition) is 4. The zero-order valence-electron chi connectivity index (χ0n) is 15.2. The molecule has 2 aromatic carbocycles. The number of benzene rings is 2. The van der Waals surface area contributed by atoms with E-state index < -0.39 is 24.2 Å². The molecule has 0 saturated heterocycles. The fourth-order valence-electron chi connectivity index (χ4n) is 2.86. The lowest BCUT2D eigenvalue weighted by Gasteiger charge is -2.03. The summed E-state index contributed by atoms with van der Waals surface area (Å²) in [5.74, 6) is -2.20. The summed E-state index contributed by atoms with van der Waals surface area (Å²) in [7, 11) is 0. The molecule has 3 aromatic rings. The molecule has 144 valence electrons. The summed E-state index contributed by atoms with van der Waals surface area (Å²) in [5.41, 5.74) is 0.821. The lowest BCUT2D eigenvalue weighted by atomic mass is 10.2. The zero-order chi connectivity index (χ0) is 20.1. The van der Waals surface area contributed by atoms with E-state index in [0.29, 0.717) is 11.9 Å². The molecule has 0 fully saturated rings. The van der Waals surface area contributed by atoms with Crippen LogP contribution in [0.5, 0.6) is 5.88 Å². The third kappa shape index (κ3) is 3.90. The van der Waals surface area contributed by atoms with Gasteiger partial charge in [-0.25, -0.2) is 4.39 Å². The third-order valence-electron chi connectivity index (χ3n) is 4.14. The van der Waals surface area contributed by atoms with E-state index in [1.165, 1.54) is 18.2 Å². The Morgan fingerprint density at radius 3 is 2.61 bits per heavy atom. The SMILES string of the molecule is CCCn1c(O)c(N=NC(=O)CNC(=O)c2ccccc2F)c2ccccc21. The van der Waals surface area contributed by atoms with E-state index in [1.807, 2.05) is 19.1 Å². The van der Waals surface area contributed by atoms with Crippen LogP contribution in [0.3, 0.4) is 0 Å². The molecule has 28 heavy (non-hydrogen) atoms. The molecule has 1 heterocycles. The van der Waals surface area contributed by atoms with Crippen LogP contribution in [0.15, 0.2) is 58.8 Å². The van der Waals surface area contributed by atoms with Gasteiger partial charge in [0.1, 0.15) is 12.4 Å². The predicted octanol–water partition coefficient (Wildman–Crippen LogP) is 3.94. The Bertz CT molecular complexity index is 1060. The zero-order valence-corrected chi connectivity index (χ0v) is 15.2. The van der Waals surface area contributed by atoms with Crippen LogP contribution in [0, 0.1) is 5.82 Å². The Balaban J connectivity index is 1.73. The van der Waals surface area contributed by atoms with Crippen LogP contribution in [0.25, 0.3) is 10.9 Å². The van der Waals surface area contributed by atoms with Gasteiger partial charge in [0.05, 0.1) is 11.1 Å². The van der Waals surface area contributed by atoms with Gasteiger partial charge in [0, 0.05) is 11.9 Å². The van der Waals surface area contributed by atoms with Crippen LogP contribution < -0.4 is 5.32 Å². The summed E-state index contributed by atoms with van der Waals surface area (Å²) in [6, 6.07) is 12.7. The fourth-order valence-corrected chi connectivity index (χ4v) is 2.86. The summed E-state index contributed by atoms with van der Waals surface area (Å²) in [6.07, 6.45) is 0.809. The highest BCUT2D eigenvalue weighted by Crippen LogP contribution is 2.38. The minimum Gasteiger partial charge on any atom is -0.493 e. The average molecular weight is 382 g/mol. The van der Waals surface area contributed by atoms with E-state index >= 15 is 0 Å². The van der Waals surface area contributed by atoms with Crippen molar-refractivity contribution >= 4 is 28.4 Å². The summed E-state index contributed by atoms with van der Waals surface area (Å²) >= 11 is 0. The van der Waals surface area contributed by atoms with Gasteiger partial charge in [0.2, 0.25) is 5.88 Å². The molecule has 0 bridgehead atoms. The number of amides is 2. The lowest BCUT2D eigenvalue weighted by molar-refractivity contribution is -0.117. The minimum absolute atomic E-state index is 0.0741. The van der Waals surface area contributed by atoms with E-state index in [-0.39, 0.29) is 17.1 Å². The molecule has 8 heteroatoms. The minimum atomic E-state index is -0.726. The van der Waals surface area contributed by atoms with E-state index in [4.69, 9.17) is 0 Å². The number of para-hydroxylation sites is 1. The normalized spacial score (nSPS) is 11.2. The maximum atomic E-state index is 13.6. The quantitative estimate of drug-likeness (QED) is 0.632. The standard InChI is InChI=1S/C20H19FN4O3/c1-2-11-25-16-10-6-4-8-14(16)18(20(25)28)24-23-17(26)12-22-19(27)13-7-3-5-9-15(13)21/h3-10,28H,2,11-12H2,1H3,(H,22,27). The highest BCUT2D eigenvalue weighted by Gasteiger charge is 2.16. The number of carbonyl (C=O) groups excluding carboxylic acids is 2. The monoisotopic (exact) mass is 382 g/mol. The van der Waals surface area contributed by atoms with Gasteiger partial charge in [0.15, 0.2) is 5.69 Å². The molecule has 0 aliphatic heterocycles. The smallest absolute Gasteiger partial charge is 0.283 e. The van der Waals surface area contributed by atoms with Crippen molar-refractivity contribution in [1.82, 2.24) is 9.88 Å². The van der Waals surface area contributed by atoms with E-state index in [2.05, 4.69) is 15.5 Å². The van der Waals surface area contributed by atoms with Gasteiger partial charge < -0.3 is 15.0 Å². The van der Waals surface area contributed by atoms with Gasteiger partial charge in [-0.3, -0.25) is 9.59 Å².